The minimum absolute atomic E-state index is 0.0268. The number of nitrogens with zero attached hydrogens (tertiary/aromatic N) is 1. The molecule has 138 valence electrons. The van der Waals surface area contributed by atoms with Gasteiger partial charge in [0.15, 0.2) is 0 Å². The maximum Gasteiger partial charge on any atom is 0.416 e. The van der Waals surface area contributed by atoms with Gasteiger partial charge in [0, 0.05) is 31.9 Å². The Kier molecular flexibility index (Phi) is 4.95. The van der Waals surface area contributed by atoms with Crippen LogP contribution >= 0.6 is 0 Å². The summed E-state index contributed by atoms with van der Waals surface area (Å²) in [5.74, 6) is 0.923. The van der Waals surface area contributed by atoms with Gasteiger partial charge in [-0.25, -0.2) is 0 Å². The Bertz CT molecular complexity index is 617. The molecule has 1 heterocycles. The van der Waals surface area contributed by atoms with Crippen molar-refractivity contribution in [1.29, 1.82) is 0 Å². The van der Waals surface area contributed by atoms with Crippen LogP contribution in [0.25, 0.3) is 0 Å². The fourth-order valence-electron chi connectivity index (χ4n) is 4.16. The first-order valence-electron chi connectivity index (χ1n) is 8.69. The van der Waals surface area contributed by atoms with Crippen LogP contribution in [0.1, 0.15) is 25.3 Å². The summed E-state index contributed by atoms with van der Waals surface area (Å²) >= 11 is 0. The maximum absolute atomic E-state index is 12.7. The number of rotatable bonds is 4. The summed E-state index contributed by atoms with van der Waals surface area (Å²) in [4.78, 5) is 13.9. The Morgan fingerprint density at radius 3 is 2.48 bits per heavy atom. The standard InChI is InChI=1S/C18H24F3N3O/c1-11(17(25)22-2)23-16-8-3-12-9-24(10-15(12)16)14-6-4-13(5-7-14)18(19,20)21/h4-7,11-12,15-16,23H,3,8-10H2,1-2H3,(H,22,25)/t11-,12+,15-,16-/m0/s1. The Labute approximate surface area is 145 Å². The minimum atomic E-state index is -4.30. The first-order valence-corrected chi connectivity index (χ1v) is 8.69. The highest BCUT2D eigenvalue weighted by atomic mass is 19.4. The third-order valence-electron chi connectivity index (χ3n) is 5.52. The number of alkyl halides is 3. The molecule has 2 aliphatic rings. The number of fused-ring (bicyclic) bond motifs is 1. The average molecular weight is 355 g/mol. The van der Waals surface area contributed by atoms with Gasteiger partial charge in [-0.2, -0.15) is 13.2 Å². The number of nitrogens with one attached hydrogen (secondary N) is 2. The molecule has 1 aromatic rings. The van der Waals surface area contributed by atoms with Crippen LogP contribution in [0.5, 0.6) is 0 Å². The molecule has 7 heteroatoms. The molecule has 0 radical (unpaired) electrons. The predicted octanol–water partition coefficient (Wildman–Crippen LogP) is 2.64. The summed E-state index contributed by atoms with van der Waals surface area (Å²) in [6, 6.07) is 5.43. The van der Waals surface area contributed by atoms with Crippen molar-refractivity contribution in [3.05, 3.63) is 29.8 Å². The zero-order valence-electron chi connectivity index (χ0n) is 14.4. The molecule has 1 saturated heterocycles. The van der Waals surface area contributed by atoms with E-state index in [1.54, 1.807) is 19.2 Å². The number of halogens is 3. The van der Waals surface area contributed by atoms with Gasteiger partial charge in [0.05, 0.1) is 11.6 Å². The molecule has 3 rings (SSSR count). The fraction of sp³-hybridized carbons (Fsp3) is 0.611. The zero-order chi connectivity index (χ0) is 18.2. The molecule has 0 spiro atoms. The van der Waals surface area contributed by atoms with E-state index in [9.17, 15) is 18.0 Å². The second-order valence-electron chi connectivity index (χ2n) is 7.06. The third-order valence-corrected chi connectivity index (χ3v) is 5.52. The third kappa shape index (κ3) is 3.76. The minimum Gasteiger partial charge on any atom is -0.371 e. The molecule has 25 heavy (non-hydrogen) atoms. The number of hydrogen-bond donors (Lipinski definition) is 2. The second-order valence-corrected chi connectivity index (χ2v) is 7.06. The van der Waals surface area contributed by atoms with E-state index in [0.29, 0.717) is 11.8 Å². The van der Waals surface area contributed by atoms with Gasteiger partial charge in [0.2, 0.25) is 5.91 Å². The van der Waals surface area contributed by atoms with E-state index in [1.165, 1.54) is 0 Å². The van der Waals surface area contributed by atoms with Crippen LogP contribution in [0.15, 0.2) is 24.3 Å². The van der Waals surface area contributed by atoms with E-state index in [2.05, 4.69) is 15.5 Å². The second kappa shape index (κ2) is 6.86. The van der Waals surface area contributed by atoms with Crippen molar-refractivity contribution < 1.29 is 18.0 Å². The summed E-state index contributed by atoms with van der Waals surface area (Å²) in [6.07, 6.45) is -2.18. The first kappa shape index (κ1) is 18.0. The van der Waals surface area contributed by atoms with Gasteiger partial charge in [0.25, 0.3) is 0 Å². The molecule has 2 N–H and O–H groups in total. The van der Waals surface area contributed by atoms with E-state index in [1.807, 2.05) is 6.92 Å². The van der Waals surface area contributed by atoms with E-state index in [0.717, 1.165) is 43.8 Å². The van der Waals surface area contributed by atoms with Crippen LogP contribution in [0.2, 0.25) is 0 Å². The predicted molar refractivity (Wildman–Crippen MR) is 90.3 cm³/mol. The first-order chi connectivity index (χ1) is 11.8. The lowest BCUT2D eigenvalue weighted by Crippen LogP contribution is -2.47. The van der Waals surface area contributed by atoms with Gasteiger partial charge in [-0.3, -0.25) is 4.79 Å². The summed E-state index contributed by atoms with van der Waals surface area (Å²) < 4.78 is 38.1. The van der Waals surface area contributed by atoms with Crippen LogP contribution < -0.4 is 15.5 Å². The van der Waals surface area contributed by atoms with Crippen LogP contribution in [-0.4, -0.2) is 38.1 Å². The molecule has 1 amide bonds. The molecule has 1 aliphatic heterocycles. The van der Waals surface area contributed by atoms with Crippen LogP contribution in [0.3, 0.4) is 0 Å². The molecule has 4 nitrogen and oxygen atoms in total. The Balaban J connectivity index is 1.64. The summed E-state index contributed by atoms with van der Waals surface area (Å²) in [7, 11) is 1.62. The van der Waals surface area contributed by atoms with Crippen molar-refractivity contribution in [3.63, 3.8) is 0 Å². The highest BCUT2D eigenvalue weighted by Crippen LogP contribution is 2.40. The van der Waals surface area contributed by atoms with Crippen molar-refractivity contribution >= 4 is 11.6 Å². The average Bonchev–Trinajstić information content (AvgIpc) is 3.15. The van der Waals surface area contributed by atoms with E-state index < -0.39 is 11.7 Å². The van der Waals surface area contributed by atoms with Crippen LogP contribution in [0, 0.1) is 11.8 Å². The molecule has 4 atom stereocenters. The summed E-state index contributed by atoms with van der Waals surface area (Å²) in [5.41, 5.74) is 0.218. The van der Waals surface area contributed by atoms with Crippen molar-refractivity contribution in [2.45, 2.75) is 38.0 Å². The van der Waals surface area contributed by atoms with Gasteiger partial charge in [-0.05, 0) is 55.9 Å². The molecule has 1 aliphatic carbocycles. The quantitative estimate of drug-likeness (QED) is 0.873. The van der Waals surface area contributed by atoms with Crippen LogP contribution in [-0.2, 0) is 11.0 Å². The zero-order valence-corrected chi connectivity index (χ0v) is 14.4. The molecular weight excluding hydrogens is 331 g/mol. The van der Waals surface area contributed by atoms with Crippen molar-refractivity contribution in [2.75, 3.05) is 25.0 Å². The topological polar surface area (TPSA) is 44.4 Å². The molecular formula is C18H24F3N3O. The van der Waals surface area contributed by atoms with Crippen LogP contribution in [0.4, 0.5) is 18.9 Å². The van der Waals surface area contributed by atoms with Crippen molar-refractivity contribution in [1.82, 2.24) is 10.6 Å². The maximum atomic E-state index is 12.7. The van der Waals surface area contributed by atoms with Crippen molar-refractivity contribution in [3.8, 4) is 0 Å². The van der Waals surface area contributed by atoms with Gasteiger partial charge in [0.1, 0.15) is 0 Å². The number of amides is 1. The number of hydrogen-bond acceptors (Lipinski definition) is 3. The van der Waals surface area contributed by atoms with Gasteiger partial charge in [-0.1, -0.05) is 0 Å². The monoisotopic (exact) mass is 355 g/mol. The lowest BCUT2D eigenvalue weighted by molar-refractivity contribution is -0.137. The number of likely N-dealkylation sites (N-methyl/N-ethyl adjacent to an activating group) is 1. The molecule has 1 saturated carbocycles. The normalized spacial score (nSPS) is 27.2. The largest absolute Gasteiger partial charge is 0.416 e. The van der Waals surface area contributed by atoms with Gasteiger partial charge < -0.3 is 15.5 Å². The molecule has 1 aromatic carbocycles. The number of carbonyl (C=O) groups excluding carboxylic acids is 1. The Hall–Kier alpha value is -1.76. The number of benzene rings is 1. The lowest BCUT2D eigenvalue weighted by Gasteiger charge is -2.25. The lowest BCUT2D eigenvalue weighted by atomic mass is 9.97. The highest BCUT2D eigenvalue weighted by Gasteiger charge is 2.43. The Morgan fingerprint density at radius 2 is 1.88 bits per heavy atom. The van der Waals surface area contributed by atoms with Crippen molar-refractivity contribution in [2.24, 2.45) is 11.8 Å². The van der Waals surface area contributed by atoms with Gasteiger partial charge >= 0.3 is 6.18 Å². The highest BCUT2D eigenvalue weighted by molar-refractivity contribution is 5.80. The van der Waals surface area contributed by atoms with Gasteiger partial charge in [-0.15, -0.1) is 0 Å². The number of anilines is 1. The molecule has 0 aromatic heterocycles. The number of carbonyl (C=O) groups is 1. The van der Waals surface area contributed by atoms with E-state index in [4.69, 9.17) is 0 Å². The summed E-state index contributed by atoms with van der Waals surface area (Å²) in [5, 5.41) is 6.06. The molecule has 2 fully saturated rings. The fourth-order valence-corrected chi connectivity index (χ4v) is 4.16. The SMILES string of the molecule is CNC(=O)[C@H](C)N[C@H]1CC[C@@H]2CN(c3ccc(C(F)(F)F)cc3)C[C@@H]21. The van der Waals surface area contributed by atoms with E-state index >= 15 is 0 Å². The molecule has 0 bridgehead atoms. The summed E-state index contributed by atoms with van der Waals surface area (Å²) in [6.45, 7) is 3.53. The molecule has 0 unspecified atom stereocenters. The smallest absolute Gasteiger partial charge is 0.371 e. The van der Waals surface area contributed by atoms with E-state index in [-0.39, 0.29) is 18.0 Å². The Morgan fingerprint density at radius 1 is 1.20 bits per heavy atom.